The molecule has 0 aliphatic carbocycles. The summed E-state index contributed by atoms with van der Waals surface area (Å²) < 4.78 is 5.70. The van der Waals surface area contributed by atoms with E-state index in [2.05, 4.69) is 24.3 Å². The third-order valence-corrected chi connectivity index (χ3v) is 3.09. The van der Waals surface area contributed by atoms with Crippen LogP contribution in [0, 0.1) is 0 Å². The highest BCUT2D eigenvalue weighted by atomic mass is 16.3. The van der Waals surface area contributed by atoms with Crippen molar-refractivity contribution in [1.82, 2.24) is 0 Å². The Morgan fingerprint density at radius 3 is 2.44 bits per heavy atom. The molecule has 3 rings (SSSR count). The molecule has 0 amide bonds. The Kier molecular flexibility index (Phi) is 2.65. The van der Waals surface area contributed by atoms with Crippen LogP contribution in [0.3, 0.4) is 0 Å². The van der Waals surface area contributed by atoms with E-state index in [1.807, 2.05) is 37.3 Å². The fourth-order valence-electron chi connectivity index (χ4n) is 2.10. The van der Waals surface area contributed by atoms with Gasteiger partial charge in [-0.3, -0.25) is 0 Å². The third kappa shape index (κ3) is 1.91. The first kappa shape index (κ1) is 11.1. The summed E-state index contributed by atoms with van der Waals surface area (Å²) in [7, 11) is 0. The molecular formula is C16H15NO. The highest BCUT2D eigenvalue weighted by Gasteiger charge is 2.08. The standard InChI is InChI=1S/C16H15NO/c1-11(17)16-10-14-9-13(7-8-15(14)18-16)12-5-3-2-4-6-12/h2-11H,17H2,1H3. The van der Waals surface area contributed by atoms with E-state index in [0.717, 1.165) is 16.7 Å². The lowest BCUT2D eigenvalue weighted by atomic mass is 10.0. The Bertz CT molecular complexity index is 668. The Balaban J connectivity index is 2.11. The lowest BCUT2D eigenvalue weighted by Gasteiger charge is -2.00. The molecule has 0 aliphatic rings. The molecule has 2 nitrogen and oxygen atoms in total. The summed E-state index contributed by atoms with van der Waals surface area (Å²) in [4.78, 5) is 0. The fourth-order valence-corrected chi connectivity index (χ4v) is 2.10. The van der Waals surface area contributed by atoms with Crippen LogP contribution in [0.1, 0.15) is 18.7 Å². The maximum absolute atomic E-state index is 5.83. The quantitative estimate of drug-likeness (QED) is 0.728. The highest BCUT2D eigenvalue weighted by Crippen LogP contribution is 2.28. The number of nitrogens with two attached hydrogens (primary N) is 1. The van der Waals surface area contributed by atoms with Crippen molar-refractivity contribution in [2.45, 2.75) is 13.0 Å². The van der Waals surface area contributed by atoms with Crippen LogP contribution < -0.4 is 5.73 Å². The molecule has 1 atom stereocenters. The first-order valence-corrected chi connectivity index (χ1v) is 6.08. The molecule has 0 saturated heterocycles. The van der Waals surface area contributed by atoms with Crippen LogP contribution in [0.4, 0.5) is 0 Å². The van der Waals surface area contributed by atoms with Gasteiger partial charge in [-0.05, 0) is 36.2 Å². The summed E-state index contributed by atoms with van der Waals surface area (Å²) in [6.45, 7) is 1.93. The molecule has 0 aliphatic heterocycles. The van der Waals surface area contributed by atoms with E-state index in [4.69, 9.17) is 10.2 Å². The van der Waals surface area contributed by atoms with Gasteiger partial charge in [0.2, 0.25) is 0 Å². The van der Waals surface area contributed by atoms with Gasteiger partial charge in [0.15, 0.2) is 0 Å². The van der Waals surface area contributed by atoms with Crippen molar-refractivity contribution in [3.63, 3.8) is 0 Å². The van der Waals surface area contributed by atoms with Crippen LogP contribution >= 0.6 is 0 Å². The van der Waals surface area contributed by atoms with Gasteiger partial charge < -0.3 is 10.2 Å². The molecule has 2 heteroatoms. The summed E-state index contributed by atoms with van der Waals surface area (Å²) in [5, 5.41) is 1.10. The number of benzene rings is 2. The average Bonchev–Trinajstić information content (AvgIpc) is 2.82. The number of fused-ring (bicyclic) bond motifs is 1. The third-order valence-electron chi connectivity index (χ3n) is 3.09. The maximum atomic E-state index is 5.83. The maximum Gasteiger partial charge on any atom is 0.134 e. The minimum atomic E-state index is -0.0717. The molecule has 1 unspecified atom stereocenters. The highest BCUT2D eigenvalue weighted by molar-refractivity contribution is 5.84. The van der Waals surface area contributed by atoms with Crippen LogP contribution in [0.25, 0.3) is 22.1 Å². The second kappa shape index (κ2) is 4.31. The van der Waals surface area contributed by atoms with Crippen LogP contribution in [0.15, 0.2) is 59.0 Å². The first-order valence-electron chi connectivity index (χ1n) is 6.08. The van der Waals surface area contributed by atoms with E-state index in [0.29, 0.717) is 0 Å². The molecule has 0 fully saturated rings. The van der Waals surface area contributed by atoms with Gasteiger partial charge in [0.05, 0.1) is 6.04 Å². The minimum absolute atomic E-state index is 0.0717. The lowest BCUT2D eigenvalue weighted by Crippen LogP contribution is -2.02. The predicted octanol–water partition coefficient (Wildman–Crippen LogP) is 4.12. The molecule has 18 heavy (non-hydrogen) atoms. The normalized spacial score (nSPS) is 12.8. The topological polar surface area (TPSA) is 39.2 Å². The second-order valence-corrected chi connectivity index (χ2v) is 4.56. The van der Waals surface area contributed by atoms with Crippen molar-refractivity contribution in [3.8, 4) is 11.1 Å². The monoisotopic (exact) mass is 237 g/mol. The first-order chi connectivity index (χ1) is 8.74. The van der Waals surface area contributed by atoms with Gasteiger partial charge in [-0.2, -0.15) is 0 Å². The molecular weight excluding hydrogens is 222 g/mol. The van der Waals surface area contributed by atoms with E-state index in [1.54, 1.807) is 0 Å². The van der Waals surface area contributed by atoms with Gasteiger partial charge in [0, 0.05) is 5.39 Å². The lowest BCUT2D eigenvalue weighted by molar-refractivity contribution is 0.513. The predicted molar refractivity (Wildman–Crippen MR) is 74.3 cm³/mol. The van der Waals surface area contributed by atoms with Gasteiger partial charge in [0.1, 0.15) is 11.3 Å². The van der Waals surface area contributed by atoms with Crippen molar-refractivity contribution in [2.75, 3.05) is 0 Å². The summed E-state index contributed by atoms with van der Waals surface area (Å²) in [5.74, 6) is 0.829. The molecule has 0 saturated carbocycles. The molecule has 3 aromatic rings. The van der Waals surface area contributed by atoms with Gasteiger partial charge in [-0.25, -0.2) is 0 Å². The zero-order chi connectivity index (χ0) is 12.5. The van der Waals surface area contributed by atoms with Gasteiger partial charge in [0.25, 0.3) is 0 Å². The Morgan fingerprint density at radius 1 is 0.944 bits per heavy atom. The van der Waals surface area contributed by atoms with Crippen molar-refractivity contribution < 1.29 is 4.42 Å². The number of hydrogen-bond acceptors (Lipinski definition) is 2. The summed E-state index contributed by atoms with van der Waals surface area (Å²) in [5.41, 5.74) is 9.13. The molecule has 0 bridgehead atoms. The number of furan rings is 1. The van der Waals surface area contributed by atoms with Crippen LogP contribution in [0.5, 0.6) is 0 Å². The van der Waals surface area contributed by atoms with Crippen molar-refractivity contribution >= 4 is 11.0 Å². The van der Waals surface area contributed by atoms with Crippen molar-refractivity contribution in [1.29, 1.82) is 0 Å². The number of hydrogen-bond donors (Lipinski definition) is 1. The molecule has 2 N–H and O–H groups in total. The minimum Gasteiger partial charge on any atom is -0.459 e. The molecule has 2 aromatic carbocycles. The zero-order valence-corrected chi connectivity index (χ0v) is 10.3. The summed E-state index contributed by atoms with van der Waals surface area (Å²) in [6.07, 6.45) is 0. The van der Waals surface area contributed by atoms with E-state index >= 15 is 0 Å². The van der Waals surface area contributed by atoms with Gasteiger partial charge in [-0.15, -0.1) is 0 Å². The molecule has 0 spiro atoms. The summed E-state index contributed by atoms with van der Waals surface area (Å²) in [6, 6.07) is 18.5. The molecule has 0 radical (unpaired) electrons. The van der Waals surface area contributed by atoms with E-state index in [9.17, 15) is 0 Å². The molecule has 90 valence electrons. The number of rotatable bonds is 2. The largest absolute Gasteiger partial charge is 0.459 e. The molecule has 1 heterocycles. The second-order valence-electron chi connectivity index (χ2n) is 4.56. The van der Waals surface area contributed by atoms with E-state index < -0.39 is 0 Å². The Morgan fingerprint density at radius 2 is 1.72 bits per heavy atom. The van der Waals surface area contributed by atoms with E-state index in [1.165, 1.54) is 11.1 Å². The Labute approximate surface area is 106 Å². The summed E-state index contributed by atoms with van der Waals surface area (Å²) >= 11 is 0. The smallest absolute Gasteiger partial charge is 0.134 e. The van der Waals surface area contributed by atoms with Crippen LogP contribution in [-0.2, 0) is 0 Å². The van der Waals surface area contributed by atoms with Crippen LogP contribution in [0.2, 0.25) is 0 Å². The van der Waals surface area contributed by atoms with E-state index in [-0.39, 0.29) is 6.04 Å². The zero-order valence-electron chi connectivity index (χ0n) is 10.3. The Hall–Kier alpha value is -2.06. The fraction of sp³-hybridized carbons (Fsp3) is 0.125. The van der Waals surface area contributed by atoms with Gasteiger partial charge >= 0.3 is 0 Å². The average molecular weight is 237 g/mol. The SMILES string of the molecule is CC(N)c1cc2cc(-c3ccccc3)ccc2o1. The van der Waals surface area contributed by atoms with Crippen molar-refractivity contribution in [2.24, 2.45) is 5.73 Å². The van der Waals surface area contributed by atoms with Crippen molar-refractivity contribution in [3.05, 3.63) is 60.4 Å². The molecule has 1 aromatic heterocycles. The van der Waals surface area contributed by atoms with Gasteiger partial charge in [-0.1, -0.05) is 36.4 Å². The van der Waals surface area contributed by atoms with Crippen LogP contribution in [-0.4, -0.2) is 0 Å².